The molecular formula is C12H17N3O4. The Balaban J connectivity index is 1.85. The van der Waals surface area contributed by atoms with Gasteiger partial charge in [0, 0.05) is 19.0 Å². The monoisotopic (exact) mass is 267 g/mol. The van der Waals surface area contributed by atoms with E-state index in [9.17, 15) is 9.59 Å². The first-order valence-electron chi connectivity index (χ1n) is 6.23. The van der Waals surface area contributed by atoms with Crippen LogP contribution in [-0.2, 0) is 11.3 Å². The van der Waals surface area contributed by atoms with Crippen LogP contribution in [0, 0.1) is 5.92 Å². The highest BCUT2D eigenvalue weighted by atomic mass is 16.5. The normalized spacial score (nSPS) is 17.3. The van der Waals surface area contributed by atoms with E-state index < -0.39 is 5.97 Å². The van der Waals surface area contributed by atoms with E-state index in [0.717, 1.165) is 25.9 Å². The fourth-order valence-corrected chi connectivity index (χ4v) is 2.27. The molecule has 2 rings (SSSR count). The number of nitrogens with zero attached hydrogens (tertiary/aromatic N) is 2. The third kappa shape index (κ3) is 3.31. The van der Waals surface area contributed by atoms with Crippen LogP contribution in [-0.4, -0.2) is 47.2 Å². The highest BCUT2D eigenvalue weighted by Crippen LogP contribution is 2.19. The predicted molar refractivity (Wildman–Crippen MR) is 65.5 cm³/mol. The zero-order valence-corrected chi connectivity index (χ0v) is 10.8. The van der Waals surface area contributed by atoms with Crippen LogP contribution >= 0.6 is 0 Å². The molecule has 0 radical (unpaired) electrons. The molecule has 0 atom stereocenters. The predicted octanol–water partition coefficient (Wildman–Crippen LogP) is 0.331. The SMILES string of the molecule is CNC(=O)C1CCN(Cc2cc(C(=O)O)no2)CC1. The van der Waals surface area contributed by atoms with Gasteiger partial charge >= 0.3 is 5.97 Å². The highest BCUT2D eigenvalue weighted by molar-refractivity contribution is 5.85. The Labute approximate surface area is 110 Å². The number of hydrogen-bond donors (Lipinski definition) is 2. The summed E-state index contributed by atoms with van der Waals surface area (Å²) in [5, 5.41) is 14.9. The lowest BCUT2D eigenvalue weighted by molar-refractivity contribution is -0.125. The van der Waals surface area contributed by atoms with Gasteiger partial charge in [0.05, 0.1) is 6.54 Å². The van der Waals surface area contributed by atoms with Crippen molar-refractivity contribution < 1.29 is 19.2 Å². The molecule has 0 bridgehead atoms. The van der Waals surface area contributed by atoms with Crippen LogP contribution < -0.4 is 5.32 Å². The first kappa shape index (κ1) is 13.5. The molecule has 0 unspecified atom stereocenters. The molecule has 0 aromatic carbocycles. The lowest BCUT2D eigenvalue weighted by atomic mass is 9.96. The van der Waals surface area contributed by atoms with Gasteiger partial charge in [-0.1, -0.05) is 5.16 Å². The summed E-state index contributed by atoms with van der Waals surface area (Å²) in [5.74, 6) is -0.387. The molecule has 1 saturated heterocycles. The number of carboxylic acids is 1. The Morgan fingerprint density at radius 3 is 2.74 bits per heavy atom. The molecule has 19 heavy (non-hydrogen) atoms. The zero-order chi connectivity index (χ0) is 13.8. The molecule has 104 valence electrons. The van der Waals surface area contributed by atoms with E-state index in [1.165, 1.54) is 6.07 Å². The lowest BCUT2D eigenvalue weighted by Gasteiger charge is -2.30. The summed E-state index contributed by atoms with van der Waals surface area (Å²) >= 11 is 0. The second-order valence-corrected chi connectivity index (χ2v) is 4.65. The molecule has 2 heterocycles. The van der Waals surface area contributed by atoms with E-state index in [0.29, 0.717) is 12.3 Å². The second kappa shape index (κ2) is 5.83. The van der Waals surface area contributed by atoms with Crippen molar-refractivity contribution in [2.45, 2.75) is 19.4 Å². The maximum atomic E-state index is 11.5. The number of carbonyl (C=O) groups is 2. The number of hydrogen-bond acceptors (Lipinski definition) is 5. The van der Waals surface area contributed by atoms with Crippen LogP contribution in [0.2, 0.25) is 0 Å². The number of amides is 1. The van der Waals surface area contributed by atoms with Gasteiger partial charge in [0.2, 0.25) is 5.91 Å². The molecule has 2 N–H and O–H groups in total. The number of likely N-dealkylation sites (tertiary alicyclic amines) is 1. The van der Waals surface area contributed by atoms with Gasteiger partial charge in [0.25, 0.3) is 0 Å². The first-order chi connectivity index (χ1) is 9.10. The minimum Gasteiger partial charge on any atom is -0.476 e. The maximum absolute atomic E-state index is 11.5. The zero-order valence-electron chi connectivity index (χ0n) is 10.8. The maximum Gasteiger partial charge on any atom is 0.358 e. The fraction of sp³-hybridized carbons (Fsp3) is 0.583. The van der Waals surface area contributed by atoms with Crippen LogP contribution in [0.25, 0.3) is 0 Å². The van der Waals surface area contributed by atoms with Crippen molar-refractivity contribution in [2.75, 3.05) is 20.1 Å². The standard InChI is InChI=1S/C12H17N3O4/c1-13-11(16)8-2-4-15(5-3-8)7-9-6-10(12(17)18)14-19-9/h6,8H,2-5,7H2,1H3,(H,13,16)(H,17,18). The third-order valence-corrected chi connectivity index (χ3v) is 3.36. The number of piperidine rings is 1. The summed E-state index contributed by atoms with van der Waals surface area (Å²) < 4.78 is 4.97. The lowest BCUT2D eigenvalue weighted by Crippen LogP contribution is -2.39. The molecule has 0 spiro atoms. The van der Waals surface area contributed by atoms with Gasteiger partial charge in [0.1, 0.15) is 0 Å². The van der Waals surface area contributed by atoms with Gasteiger partial charge in [-0.05, 0) is 25.9 Å². The van der Waals surface area contributed by atoms with Crippen molar-refractivity contribution in [3.05, 3.63) is 17.5 Å². The van der Waals surface area contributed by atoms with Gasteiger partial charge in [-0.15, -0.1) is 0 Å². The van der Waals surface area contributed by atoms with Crippen molar-refractivity contribution in [3.63, 3.8) is 0 Å². The molecule has 0 saturated carbocycles. The van der Waals surface area contributed by atoms with E-state index in [1.807, 2.05) is 0 Å². The molecule has 1 aliphatic rings. The molecule has 1 aromatic heterocycles. The van der Waals surface area contributed by atoms with Crippen LogP contribution in [0.4, 0.5) is 0 Å². The Kier molecular flexibility index (Phi) is 4.16. The van der Waals surface area contributed by atoms with Crippen molar-refractivity contribution in [3.8, 4) is 0 Å². The molecule has 0 aliphatic carbocycles. The average molecular weight is 267 g/mol. The molecule has 7 heteroatoms. The number of carboxylic acid groups (broad SMARTS) is 1. The Morgan fingerprint density at radius 2 is 2.21 bits per heavy atom. The number of aromatic nitrogens is 1. The van der Waals surface area contributed by atoms with Gasteiger partial charge in [-0.3, -0.25) is 9.69 Å². The van der Waals surface area contributed by atoms with E-state index in [-0.39, 0.29) is 17.5 Å². The summed E-state index contributed by atoms with van der Waals surface area (Å²) in [7, 11) is 1.65. The highest BCUT2D eigenvalue weighted by Gasteiger charge is 2.25. The summed E-state index contributed by atoms with van der Waals surface area (Å²) in [6, 6.07) is 1.44. The van der Waals surface area contributed by atoms with Gasteiger partial charge in [-0.2, -0.15) is 0 Å². The number of rotatable bonds is 4. The van der Waals surface area contributed by atoms with Gasteiger partial charge < -0.3 is 14.9 Å². The van der Waals surface area contributed by atoms with Crippen molar-refractivity contribution in [1.29, 1.82) is 0 Å². The average Bonchev–Trinajstić information content (AvgIpc) is 2.87. The van der Waals surface area contributed by atoms with Crippen molar-refractivity contribution >= 4 is 11.9 Å². The van der Waals surface area contributed by atoms with E-state index >= 15 is 0 Å². The van der Waals surface area contributed by atoms with Crippen molar-refractivity contribution in [1.82, 2.24) is 15.4 Å². The Morgan fingerprint density at radius 1 is 1.53 bits per heavy atom. The smallest absolute Gasteiger partial charge is 0.358 e. The summed E-state index contributed by atoms with van der Waals surface area (Å²) in [5.41, 5.74) is -0.0738. The van der Waals surface area contributed by atoms with Gasteiger partial charge in [-0.25, -0.2) is 4.79 Å². The topological polar surface area (TPSA) is 95.7 Å². The fourth-order valence-electron chi connectivity index (χ4n) is 2.27. The van der Waals surface area contributed by atoms with Gasteiger partial charge in [0.15, 0.2) is 11.5 Å². The molecular weight excluding hydrogens is 250 g/mol. The van der Waals surface area contributed by atoms with E-state index in [1.54, 1.807) is 7.05 Å². The summed E-state index contributed by atoms with van der Waals surface area (Å²) in [6.45, 7) is 2.11. The molecule has 1 aliphatic heterocycles. The quantitative estimate of drug-likeness (QED) is 0.816. The second-order valence-electron chi connectivity index (χ2n) is 4.65. The molecule has 1 aromatic rings. The van der Waals surface area contributed by atoms with Crippen LogP contribution in [0.1, 0.15) is 29.1 Å². The van der Waals surface area contributed by atoms with E-state index in [2.05, 4.69) is 15.4 Å². The minimum atomic E-state index is -1.09. The minimum absolute atomic E-state index is 0.0738. The Hall–Kier alpha value is -1.89. The van der Waals surface area contributed by atoms with E-state index in [4.69, 9.17) is 9.63 Å². The third-order valence-electron chi connectivity index (χ3n) is 3.36. The number of carbonyl (C=O) groups excluding carboxylic acids is 1. The summed E-state index contributed by atoms with van der Waals surface area (Å²) in [4.78, 5) is 24.3. The van der Waals surface area contributed by atoms with Crippen LogP contribution in [0.3, 0.4) is 0 Å². The molecule has 1 fully saturated rings. The molecule has 7 nitrogen and oxygen atoms in total. The molecule has 1 amide bonds. The first-order valence-corrected chi connectivity index (χ1v) is 6.23. The van der Waals surface area contributed by atoms with Crippen LogP contribution in [0.15, 0.2) is 10.6 Å². The number of aromatic carboxylic acids is 1. The number of nitrogens with one attached hydrogen (secondary N) is 1. The largest absolute Gasteiger partial charge is 0.476 e. The van der Waals surface area contributed by atoms with Crippen molar-refractivity contribution in [2.24, 2.45) is 5.92 Å². The van der Waals surface area contributed by atoms with Crippen LogP contribution in [0.5, 0.6) is 0 Å². The Bertz CT molecular complexity index is 463. The summed E-state index contributed by atoms with van der Waals surface area (Å²) in [6.07, 6.45) is 1.61.